The van der Waals surface area contributed by atoms with E-state index in [2.05, 4.69) is 25.7 Å². The number of imidazole rings is 1. The van der Waals surface area contributed by atoms with Gasteiger partial charge in [-0.25, -0.2) is 19.1 Å². The summed E-state index contributed by atoms with van der Waals surface area (Å²) in [5.74, 6) is 1.59. The number of benzene rings is 2. The fraction of sp³-hybridized carbons (Fsp3) is 0.308. The molecule has 0 unspecified atom stereocenters. The van der Waals surface area contributed by atoms with Gasteiger partial charge in [0.25, 0.3) is 5.91 Å². The molecule has 0 fully saturated rings. The summed E-state index contributed by atoms with van der Waals surface area (Å²) in [5, 5.41) is 8.10. The van der Waals surface area contributed by atoms with Crippen molar-refractivity contribution < 1.29 is 23.9 Å². The van der Waals surface area contributed by atoms with Crippen molar-refractivity contribution in [3.63, 3.8) is 0 Å². The highest BCUT2D eigenvalue weighted by molar-refractivity contribution is 8.04. The number of hydrogen-bond acceptors (Lipinski definition) is 7. The van der Waals surface area contributed by atoms with Crippen molar-refractivity contribution >= 4 is 52.5 Å². The zero-order valence-corrected chi connectivity index (χ0v) is 21.9. The van der Waals surface area contributed by atoms with E-state index in [1.165, 1.54) is 11.7 Å². The standard InChI is InChI=1S/C14H18N4O3.C12H13NO2S/c1-3-4-9-15-13(19)18-11-8-6-5-7-10(11)16-12(18)17-14(20)21-2;1-9-11(16-8-7-15-9)12(14)13-10-5-3-2-4-6-10/h5-8H,3-4,9H2,1-2H3,(H,15,19)(H,16,17,20);2-6H,7-8H2,1H3,(H,13,14). The number of ether oxygens (including phenoxy) is 2. The Hall–Kier alpha value is -3.99. The number of amides is 3. The number of allylic oxidation sites excluding steroid dienone is 1. The zero-order chi connectivity index (χ0) is 26.6. The number of fused-ring (bicyclic) bond motifs is 1. The van der Waals surface area contributed by atoms with Crippen molar-refractivity contribution in [2.75, 3.05) is 36.6 Å². The minimum Gasteiger partial charge on any atom is -0.496 e. The number of aromatic nitrogens is 2. The van der Waals surface area contributed by atoms with Crippen LogP contribution in [-0.4, -0.2) is 53.6 Å². The molecular formula is C26H31N5O5S. The van der Waals surface area contributed by atoms with Crippen molar-refractivity contribution in [2.24, 2.45) is 0 Å². The fourth-order valence-corrected chi connectivity index (χ4v) is 4.16. The maximum Gasteiger partial charge on any atom is 0.413 e. The van der Waals surface area contributed by atoms with Crippen molar-refractivity contribution in [2.45, 2.75) is 26.7 Å². The lowest BCUT2D eigenvalue weighted by Crippen LogP contribution is -2.31. The van der Waals surface area contributed by atoms with Gasteiger partial charge in [0.1, 0.15) is 10.7 Å². The lowest BCUT2D eigenvalue weighted by molar-refractivity contribution is -0.112. The van der Waals surface area contributed by atoms with Gasteiger partial charge in [-0.3, -0.25) is 10.1 Å². The first-order valence-corrected chi connectivity index (χ1v) is 12.9. The Balaban J connectivity index is 0.000000213. The Kier molecular flexibility index (Phi) is 10.4. The largest absolute Gasteiger partial charge is 0.496 e. The normalized spacial score (nSPS) is 12.6. The van der Waals surface area contributed by atoms with Crippen LogP contribution in [0, 0.1) is 0 Å². The molecule has 0 bridgehead atoms. The molecule has 0 saturated carbocycles. The summed E-state index contributed by atoms with van der Waals surface area (Å²) < 4.78 is 11.2. The highest BCUT2D eigenvalue weighted by Crippen LogP contribution is 2.26. The number of carbonyl (C=O) groups excluding carboxylic acids is 3. The third-order valence-electron chi connectivity index (χ3n) is 5.18. The molecule has 1 aromatic heterocycles. The molecule has 37 heavy (non-hydrogen) atoms. The van der Waals surface area contributed by atoms with Crippen molar-refractivity contribution in [1.29, 1.82) is 0 Å². The van der Waals surface area contributed by atoms with E-state index in [4.69, 9.17) is 4.74 Å². The summed E-state index contributed by atoms with van der Waals surface area (Å²) in [7, 11) is 1.25. The van der Waals surface area contributed by atoms with Gasteiger partial charge in [0.15, 0.2) is 0 Å². The number of methoxy groups -OCH3 is 1. The van der Waals surface area contributed by atoms with Crippen LogP contribution in [0.25, 0.3) is 11.0 Å². The number of carbonyl (C=O) groups is 3. The van der Waals surface area contributed by atoms with Crippen LogP contribution in [-0.2, 0) is 14.3 Å². The Labute approximate surface area is 219 Å². The SMILES string of the molecule is CC1=C(C(=O)Nc2ccccc2)SCCO1.CCCCNC(=O)n1c(NC(=O)OC)nc2ccccc21. The summed E-state index contributed by atoms with van der Waals surface area (Å²) >= 11 is 1.54. The van der Waals surface area contributed by atoms with Gasteiger partial charge in [-0.15, -0.1) is 11.8 Å². The molecule has 1 aliphatic heterocycles. The van der Waals surface area contributed by atoms with E-state index >= 15 is 0 Å². The highest BCUT2D eigenvalue weighted by atomic mass is 32.2. The smallest absolute Gasteiger partial charge is 0.413 e. The molecule has 0 atom stereocenters. The fourth-order valence-electron chi connectivity index (χ4n) is 3.35. The number of nitrogens with zero attached hydrogens (tertiary/aromatic N) is 2. The first kappa shape index (κ1) is 27.6. The summed E-state index contributed by atoms with van der Waals surface area (Å²) in [6.07, 6.45) is 1.20. The molecule has 2 heterocycles. The average molecular weight is 526 g/mol. The Morgan fingerprint density at radius 3 is 2.51 bits per heavy atom. The van der Waals surface area contributed by atoms with Crippen LogP contribution in [0.15, 0.2) is 65.3 Å². The van der Waals surface area contributed by atoms with Gasteiger partial charge in [-0.1, -0.05) is 43.7 Å². The van der Waals surface area contributed by atoms with Gasteiger partial charge < -0.3 is 20.1 Å². The minimum absolute atomic E-state index is 0.0894. The van der Waals surface area contributed by atoms with Gasteiger partial charge in [0.05, 0.1) is 24.8 Å². The van der Waals surface area contributed by atoms with Crippen LogP contribution in [0.5, 0.6) is 0 Å². The lowest BCUT2D eigenvalue weighted by atomic mass is 10.3. The Morgan fingerprint density at radius 1 is 1.08 bits per heavy atom. The molecule has 3 aromatic rings. The maximum absolute atomic E-state index is 12.3. The van der Waals surface area contributed by atoms with E-state index in [1.54, 1.807) is 23.9 Å². The van der Waals surface area contributed by atoms with Crippen LogP contribution in [0.4, 0.5) is 21.2 Å². The molecule has 0 saturated heterocycles. The van der Waals surface area contributed by atoms with E-state index in [1.807, 2.05) is 56.3 Å². The molecule has 1 aliphatic rings. The number of unbranched alkanes of at least 4 members (excludes halogenated alkanes) is 1. The number of anilines is 2. The van der Waals surface area contributed by atoms with E-state index in [9.17, 15) is 14.4 Å². The van der Waals surface area contributed by atoms with E-state index in [0.29, 0.717) is 34.8 Å². The van der Waals surface area contributed by atoms with Crippen LogP contribution in [0.1, 0.15) is 26.7 Å². The van der Waals surface area contributed by atoms with Crippen molar-refractivity contribution in [3.05, 3.63) is 65.3 Å². The zero-order valence-electron chi connectivity index (χ0n) is 21.1. The monoisotopic (exact) mass is 525 g/mol. The summed E-state index contributed by atoms with van der Waals surface area (Å²) in [6, 6.07) is 16.3. The number of nitrogens with one attached hydrogen (secondary N) is 3. The maximum atomic E-state index is 12.3. The topological polar surface area (TPSA) is 124 Å². The molecule has 0 radical (unpaired) electrons. The van der Waals surface area contributed by atoms with Crippen LogP contribution in [0.2, 0.25) is 0 Å². The lowest BCUT2D eigenvalue weighted by Gasteiger charge is -2.17. The minimum atomic E-state index is -0.673. The van der Waals surface area contributed by atoms with Crippen LogP contribution >= 0.6 is 11.8 Å². The molecule has 0 aliphatic carbocycles. The second-order valence-electron chi connectivity index (χ2n) is 7.86. The predicted molar refractivity (Wildman–Crippen MR) is 146 cm³/mol. The molecule has 0 spiro atoms. The summed E-state index contributed by atoms with van der Waals surface area (Å²) in [6.45, 7) is 5.12. The first-order valence-electron chi connectivity index (χ1n) is 11.9. The second kappa shape index (κ2) is 13.9. The third kappa shape index (κ3) is 7.74. The average Bonchev–Trinajstić information content (AvgIpc) is 3.27. The van der Waals surface area contributed by atoms with Crippen molar-refractivity contribution in [1.82, 2.24) is 14.9 Å². The molecule has 4 rings (SSSR count). The van der Waals surface area contributed by atoms with Crippen LogP contribution in [0.3, 0.4) is 0 Å². The number of hydrogen-bond donors (Lipinski definition) is 3. The second-order valence-corrected chi connectivity index (χ2v) is 8.97. The number of para-hydroxylation sites is 3. The molecule has 3 N–H and O–H groups in total. The third-order valence-corrected chi connectivity index (χ3v) is 6.31. The van der Waals surface area contributed by atoms with Crippen LogP contribution < -0.4 is 16.0 Å². The molecule has 11 heteroatoms. The van der Waals surface area contributed by atoms with Gasteiger partial charge in [0.2, 0.25) is 5.95 Å². The van der Waals surface area contributed by atoms with Gasteiger partial charge in [0, 0.05) is 18.0 Å². The molecular weight excluding hydrogens is 494 g/mol. The van der Waals surface area contributed by atoms with E-state index < -0.39 is 6.09 Å². The quantitative estimate of drug-likeness (QED) is 0.378. The van der Waals surface area contributed by atoms with Gasteiger partial charge in [-0.05, 0) is 37.6 Å². The molecule has 2 aromatic carbocycles. The molecule has 196 valence electrons. The van der Waals surface area contributed by atoms with Gasteiger partial charge in [-0.2, -0.15) is 0 Å². The number of rotatable bonds is 6. The summed E-state index contributed by atoms with van der Waals surface area (Å²) in [4.78, 5) is 40.5. The molecule has 3 amide bonds. The molecule has 10 nitrogen and oxygen atoms in total. The Morgan fingerprint density at radius 2 is 1.81 bits per heavy atom. The number of thioether (sulfide) groups is 1. The summed E-state index contributed by atoms with van der Waals surface area (Å²) in [5.41, 5.74) is 2.05. The van der Waals surface area contributed by atoms with E-state index in [0.717, 1.165) is 24.3 Å². The predicted octanol–water partition coefficient (Wildman–Crippen LogP) is 5.19. The first-order chi connectivity index (χ1) is 17.9. The van der Waals surface area contributed by atoms with Crippen molar-refractivity contribution in [3.8, 4) is 0 Å². The highest BCUT2D eigenvalue weighted by Gasteiger charge is 2.19. The van der Waals surface area contributed by atoms with Gasteiger partial charge >= 0.3 is 12.1 Å². The Bertz CT molecular complexity index is 1260. The van der Waals surface area contributed by atoms with E-state index in [-0.39, 0.29) is 17.9 Å².